The lowest BCUT2D eigenvalue weighted by Gasteiger charge is -2.33. The molecule has 0 aliphatic carbocycles. The van der Waals surface area contributed by atoms with Crippen molar-refractivity contribution in [2.75, 3.05) is 12.3 Å². The molecule has 1 aliphatic heterocycles. The van der Waals surface area contributed by atoms with Crippen molar-refractivity contribution in [3.8, 4) is 11.3 Å². The van der Waals surface area contributed by atoms with Crippen LogP contribution >= 0.6 is 11.8 Å². The molecule has 0 saturated carbocycles. The Morgan fingerprint density at radius 1 is 1.04 bits per heavy atom. The molecule has 1 amide bonds. The predicted molar refractivity (Wildman–Crippen MR) is 111 cm³/mol. The number of carbonyl (C=O) groups is 1. The molecule has 0 spiro atoms. The quantitative estimate of drug-likeness (QED) is 0.613. The molecule has 0 bridgehead atoms. The topological polar surface area (TPSA) is 46.1 Å². The van der Waals surface area contributed by atoms with Crippen LogP contribution in [0.1, 0.15) is 26.2 Å². The highest BCUT2D eigenvalue weighted by molar-refractivity contribution is 8.00. The maximum absolute atomic E-state index is 12.7. The Kier molecular flexibility index (Phi) is 5.39. The van der Waals surface area contributed by atoms with Gasteiger partial charge in [-0.05, 0) is 26.2 Å². The molecule has 4 nitrogen and oxygen atoms in total. The summed E-state index contributed by atoms with van der Waals surface area (Å²) < 4.78 is 0. The van der Waals surface area contributed by atoms with Crippen LogP contribution < -0.4 is 0 Å². The molecule has 27 heavy (non-hydrogen) atoms. The Balaban J connectivity index is 1.59. The summed E-state index contributed by atoms with van der Waals surface area (Å²) in [7, 11) is 0. The average Bonchev–Trinajstić information content (AvgIpc) is 2.72. The van der Waals surface area contributed by atoms with Crippen molar-refractivity contribution in [3.63, 3.8) is 0 Å². The van der Waals surface area contributed by atoms with Gasteiger partial charge in [-0.1, -0.05) is 66.4 Å². The highest BCUT2D eigenvalue weighted by Crippen LogP contribution is 2.32. The number of hydrogen-bond acceptors (Lipinski definition) is 4. The second kappa shape index (κ2) is 8.09. The fourth-order valence-electron chi connectivity index (χ4n) is 3.68. The van der Waals surface area contributed by atoms with Gasteiger partial charge in [0, 0.05) is 28.9 Å². The van der Waals surface area contributed by atoms with E-state index in [9.17, 15) is 4.79 Å². The van der Waals surface area contributed by atoms with Crippen LogP contribution in [0.4, 0.5) is 0 Å². The summed E-state index contributed by atoms with van der Waals surface area (Å²) in [5, 5.41) is 11.9. The predicted octanol–water partition coefficient (Wildman–Crippen LogP) is 4.79. The number of benzene rings is 2. The summed E-state index contributed by atoms with van der Waals surface area (Å²) in [5.41, 5.74) is 1.93. The molecule has 4 rings (SSSR count). The molecule has 1 atom stereocenters. The van der Waals surface area contributed by atoms with Crippen LogP contribution in [0.15, 0.2) is 59.6 Å². The number of hydrogen-bond donors (Lipinski definition) is 0. The van der Waals surface area contributed by atoms with E-state index in [4.69, 9.17) is 0 Å². The van der Waals surface area contributed by atoms with E-state index >= 15 is 0 Å². The van der Waals surface area contributed by atoms with Crippen LogP contribution in [0.25, 0.3) is 22.0 Å². The van der Waals surface area contributed by atoms with Gasteiger partial charge in [-0.3, -0.25) is 4.79 Å². The third kappa shape index (κ3) is 3.83. The maximum atomic E-state index is 12.7. The molecule has 0 N–H and O–H groups in total. The Labute approximate surface area is 164 Å². The molecule has 1 fully saturated rings. The third-order valence-corrected chi connectivity index (χ3v) is 6.12. The molecule has 2 aromatic carbocycles. The summed E-state index contributed by atoms with van der Waals surface area (Å²) >= 11 is 1.49. The normalized spacial score (nSPS) is 17.2. The second-order valence-electron chi connectivity index (χ2n) is 6.99. The van der Waals surface area contributed by atoms with Crippen LogP contribution in [0.2, 0.25) is 0 Å². The zero-order valence-electron chi connectivity index (χ0n) is 15.5. The largest absolute Gasteiger partial charge is 0.339 e. The van der Waals surface area contributed by atoms with Crippen molar-refractivity contribution >= 4 is 28.4 Å². The molecule has 1 unspecified atom stereocenters. The highest BCUT2D eigenvalue weighted by atomic mass is 32.2. The second-order valence-corrected chi connectivity index (χ2v) is 7.95. The smallest absolute Gasteiger partial charge is 0.233 e. The van der Waals surface area contributed by atoms with Gasteiger partial charge in [0.05, 0.1) is 5.75 Å². The summed E-state index contributed by atoms with van der Waals surface area (Å²) in [6.07, 6.45) is 3.43. The molecular formula is C22H23N3OS. The SMILES string of the molecule is CC1CCCCN1C(=O)CSc1nnc(-c2ccccc2)c2ccccc12. The third-order valence-electron chi connectivity index (χ3n) is 5.16. The van der Waals surface area contributed by atoms with Gasteiger partial charge in [0.15, 0.2) is 0 Å². The Hall–Kier alpha value is -2.40. The molecular weight excluding hydrogens is 354 g/mol. The van der Waals surface area contributed by atoms with Crippen molar-refractivity contribution in [1.29, 1.82) is 0 Å². The van der Waals surface area contributed by atoms with Gasteiger partial charge in [-0.2, -0.15) is 0 Å². The lowest BCUT2D eigenvalue weighted by molar-refractivity contribution is -0.131. The average molecular weight is 378 g/mol. The number of aromatic nitrogens is 2. The number of carbonyl (C=O) groups excluding carboxylic acids is 1. The molecule has 5 heteroatoms. The maximum Gasteiger partial charge on any atom is 0.233 e. The van der Waals surface area contributed by atoms with Gasteiger partial charge in [-0.25, -0.2) is 0 Å². The van der Waals surface area contributed by atoms with Crippen LogP contribution in [-0.4, -0.2) is 39.3 Å². The number of rotatable bonds is 4. The fourth-order valence-corrected chi connectivity index (χ4v) is 4.53. The summed E-state index contributed by atoms with van der Waals surface area (Å²) in [6, 6.07) is 18.6. The lowest BCUT2D eigenvalue weighted by atomic mass is 10.0. The van der Waals surface area contributed by atoms with E-state index in [0.717, 1.165) is 46.4 Å². The van der Waals surface area contributed by atoms with Gasteiger partial charge in [0.25, 0.3) is 0 Å². The number of thioether (sulfide) groups is 1. The summed E-state index contributed by atoms with van der Waals surface area (Å²) in [4.78, 5) is 14.7. The number of amides is 1. The molecule has 2 heterocycles. The number of likely N-dealkylation sites (tertiary alicyclic amines) is 1. The van der Waals surface area contributed by atoms with Crippen LogP contribution in [-0.2, 0) is 4.79 Å². The van der Waals surface area contributed by atoms with E-state index in [1.807, 2.05) is 47.4 Å². The Morgan fingerprint density at radius 2 is 1.78 bits per heavy atom. The highest BCUT2D eigenvalue weighted by Gasteiger charge is 2.23. The first-order valence-electron chi connectivity index (χ1n) is 9.47. The monoisotopic (exact) mass is 377 g/mol. The van der Waals surface area contributed by atoms with E-state index in [-0.39, 0.29) is 5.91 Å². The lowest BCUT2D eigenvalue weighted by Crippen LogP contribution is -2.42. The molecule has 3 aromatic rings. The minimum absolute atomic E-state index is 0.199. The summed E-state index contributed by atoms with van der Waals surface area (Å²) in [5.74, 6) is 0.610. The van der Waals surface area contributed by atoms with E-state index in [2.05, 4.69) is 29.3 Å². The van der Waals surface area contributed by atoms with E-state index in [0.29, 0.717) is 11.8 Å². The van der Waals surface area contributed by atoms with Gasteiger partial charge in [0.2, 0.25) is 5.91 Å². The van der Waals surface area contributed by atoms with E-state index in [1.54, 1.807) is 0 Å². The van der Waals surface area contributed by atoms with E-state index in [1.165, 1.54) is 18.2 Å². The molecule has 0 radical (unpaired) electrons. The molecule has 1 saturated heterocycles. The zero-order chi connectivity index (χ0) is 18.6. The number of nitrogens with zero attached hydrogens (tertiary/aromatic N) is 3. The van der Waals surface area contributed by atoms with Crippen LogP contribution in [0.5, 0.6) is 0 Å². The van der Waals surface area contributed by atoms with Crippen molar-refractivity contribution < 1.29 is 4.79 Å². The van der Waals surface area contributed by atoms with Gasteiger partial charge < -0.3 is 4.90 Å². The minimum atomic E-state index is 0.199. The van der Waals surface area contributed by atoms with Gasteiger partial charge in [-0.15, -0.1) is 10.2 Å². The first-order chi connectivity index (χ1) is 13.2. The van der Waals surface area contributed by atoms with Crippen molar-refractivity contribution in [2.24, 2.45) is 0 Å². The standard InChI is InChI=1S/C22H23N3OS/c1-16-9-7-8-14-25(16)20(26)15-27-22-19-13-6-5-12-18(19)21(23-24-22)17-10-3-2-4-11-17/h2-6,10-13,16H,7-9,14-15H2,1H3. The van der Waals surface area contributed by atoms with Crippen molar-refractivity contribution in [1.82, 2.24) is 15.1 Å². The first-order valence-corrected chi connectivity index (χ1v) is 10.5. The van der Waals surface area contributed by atoms with Crippen molar-refractivity contribution in [2.45, 2.75) is 37.3 Å². The van der Waals surface area contributed by atoms with E-state index < -0.39 is 0 Å². The molecule has 1 aliphatic rings. The fraction of sp³-hybridized carbons (Fsp3) is 0.318. The Bertz CT molecular complexity index is 945. The zero-order valence-corrected chi connectivity index (χ0v) is 16.3. The van der Waals surface area contributed by atoms with Gasteiger partial charge in [0.1, 0.15) is 10.7 Å². The van der Waals surface area contributed by atoms with Crippen molar-refractivity contribution in [3.05, 3.63) is 54.6 Å². The van der Waals surface area contributed by atoms with Crippen LogP contribution in [0.3, 0.4) is 0 Å². The number of piperidine rings is 1. The first kappa shape index (κ1) is 18.0. The van der Waals surface area contributed by atoms with Gasteiger partial charge >= 0.3 is 0 Å². The Morgan fingerprint density at radius 3 is 2.56 bits per heavy atom. The molecule has 138 valence electrons. The number of fused-ring (bicyclic) bond motifs is 1. The minimum Gasteiger partial charge on any atom is -0.339 e. The molecule has 1 aromatic heterocycles. The van der Waals surface area contributed by atoms with Crippen LogP contribution in [0, 0.1) is 0 Å². The summed E-state index contributed by atoms with van der Waals surface area (Å²) in [6.45, 7) is 3.02.